The largest absolute Gasteiger partial charge is 0.493 e. The number of nitrogens with one attached hydrogen (secondary N) is 1. The van der Waals surface area contributed by atoms with Gasteiger partial charge in [-0.05, 0) is 25.0 Å². The summed E-state index contributed by atoms with van der Waals surface area (Å²) in [5, 5.41) is 11.8. The van der Waals surface area contributed by atoms with E-state index in [0.29, 0.717) is 13.0 Å². The van der Waals surface area contributed by atoms with Gasteiger partial charge in [0.2, 0.25) is 5.91 Å². The molecule has 20 heavy (non-hydrogen) atoms. The van der Waals surface area contributed by atoms with E-state index in [1.165, 1.54) is 0 Å². The van der Waals surface area contributed by atoms with Gasteiger partial charge in [-0.3, -0.25) is 9.59 Å². The Morgan fingerprint density at radius 3 is 2.70 bits per heavy atom. The lowest BCUT2D eigenvalue weighted by Crippen LogP contribution is -2.40. The minimum absolute atomic E-state index is 0.154. The molecule has 0 spiro atoms. The van der Waals surface area contributed by atoms with Gasteiger partial charge in [0.15, 0.2) is 0 Å². The van der Waals surface area contributed by atoms with E-state index >= 15 is 0 Å². The van der Waals surface area contributed by atoms with E-state index in [4.69, 9.17) is 9.84 Å². The number of benzene rings is 1. The molecule has 1 aliphatic rings. The number of amides is 1. The molecule has 5 heteroatoms. The van der Waals surface area contributed by atoms with Crippen molar-refractivity contribution in [3.05, 3.63) is 30.3 Å². The number of hydrogen-bond acceptors (Lipinski definition) is 3. The van der Waals surface area contributed by atoms with Gasteiger partial charge in [-0.25, -0.2) is 0 Å². The number of carbonyl (C=O) groups is 2. The number of hydrogen-bond donors (Lipinski definition) is 2. The van der Waals surface area contributed by atoms with E-state index in [0.717, 1.165) is 18.6 Å². The van der Waals surface area contributed by atoms with Crippen molar-refractivity contribution in [2.45, 2.75) is 31.7 Å². The minimum Gasteiger partial charge on any atom is -0.493 e. The molecule has 2 atom stereocenters. The van der Waals surface area contributed by atoms with Crippen LogP contribution in [0.5, 0.6) is 5.75 Å². The summed E-state index contributed by atoms with van der Waals surface area (Å²) >= 11 is 0. The van der Waals surface area contributed by atoms with Gasteiger partial charge in [0, 0.05) is 6.04 Å². The normalized spacial score (nSPS) is 21.4. The van der Waals surface area contributed by atoms with Crippen LogP contribution in [-0.4, -0.2) is 29.6 Å². The Balaban J connectivity index is 1.71. The van der Waals surface area contributed by atoms with Crippen molar-refractivity contribution in [1.82, 2.24) is 5.32 Å². The summed E-state index contributed by atoms with van der Waals surface area (Å²) in [6.45, 7) is 0.292. The van der Waals surface area contributed by atoms with Crippen molar-refractivity contribution in [3.63, 3.8) is 0 Å². The molecule has 1 saturated carbocycles. The highest BCUT2D eigenvalue weighted by Gasteiger charge is 2.33. The number of carboxylic acid groups (broad SMARTS) is 1. The lowest BCUT2D eigenvalue weighted by Gasteiger charge is -2.17. The molecular formula is C15H19NO4. The van der Waals surface area contributed by atoms with E-state index < -0.39 is 11.9 Å². The Kier molecular flexibility index (Phi) is 4.98. The van der Waals surface area contributed by atoms with Crippen LogP contribution in [0.4, 0.5) is 0 Å². The van der Waals surface area contributed by atoms with E-state index in [1.54, 1.807) is 0 Å². The zero-order valence-electron chi connectivity index (χ0n) is 11.2. The van der Waals surface area contributed by atoms with Crippen LogP contribution in [0.2, 0.25) is 0 Å². The molecule has 0 aliphatic heterocycles. The molecule has 108 valence electrons. The first-order valence-electron chi connectivity index (χ1n) is 6.87. The summed E-state index contributed by atoms with van der Waals surface area (Å²) in [6, 6.07) is 9.05. The summed E-state index contributed by atoms with van der Waals surface area (Å²) < 4.78 is 5.44. The SMILES string of the molecule is O=C(CCOc1ccccc1)NC1CCCC1C(=O)O. The maximum Gasteiger partial charge on any atom is 0.308 e. The Morgan fingerprint density at radius 2 is 2.00 bits per heavy atom. The zero-order chi connectivity index (χ0) is 14.4. The smallest absolute Gasteiger partial charge is 0.308 e. The molecule has 0 saturated heterocycles. The summed E-state index contributed by atoms with van der Waals surface area (Å²) in [5.41, 5.74) is 0. The Hall–Kier alpha value is -2.04. The molecule has 1 aliphatic carbocycles. The summed E-state index contributed by atoms with van der Waals surface area (Å²) in [5.74, 6) is -0.703. The monoisotopic (exact) mass is 277 g/mol. The topological polar surface area (TPSA) is 75.6 Å². The van der Waals surface area contributed by atoms with Crippen molar-refractivity contribution < 1.29 is 19.4 Å². The van der Waals surface area contributed by atoms with Crippen LogP contribution >= 0.6 is 0 Å². The fourth-order valence-electron chi connectivity index (χ4n) is 2.49. The van der Waals surface area contributed by atoms with Crippen molar-refractivity contribution >= 4 is 11.9 Å². The maximum absolute atomic E-state index is 11.8. The number of carboxylic acids is 1. The van der Waals surface area contributed by atoms with E-state index in [9.17, 15) is 9.59 Å². The van der Waals surface area contributed by atoms with Gasteiger partial charge < -0.3 is 15.2 Å². The predicted octanol–water partition coefficient (Wildman–Crippen LogP) is 1.82. The van der Waals surface area contributed by atoms with Crippen LogP contribution in [0.15, 0.2) is 30.3 Å². The number of carbonyl (C=O) groups excluding carboxylic acids is 1. The number of rotatable bonds is 6. The fourth-order valence-corrected chi connectivity index (χ4v) is 2.49. The van der Waals surface area contributed by atoms with Gasteiger partial charge >= 0.3 is 5.97 Å². The quantitative estimate of drug-likeness (QED) is 0.831. The molecule has 0 aromatic heterocycles. The summed E-state index contributed by atoms with van der Waals surface area (Å²) in [4.78, 5) is 22.8. The zero-order valence-corrected chi connectivity index (χ0v) is 11.2. The molecule has 2 N–H and O–H groups in total. The molecule has 1 amide bonds. The second kappa shape index (κ2) is 6.93. The van der Waals surface area contributed by atoms with E-state index in [-0.39, 0.29) is 18.4 Å². The second-order valence-corrected chi connectivity index (χ2v) is 4.96. The molecule has 2 rings (SSSR count). The van der Waals surface area contributed by atoms with Gasteiger partial charge in [0.25, 0.3) is 0 Å². The molecular weight excluding hydrogens is 258 g/mol. The highest BCUT2D eigenvalue weighted by atomic mass is 16.5. The highest BCUT2D eigenvalue weighted by Crippen LogP contribution is 2.25. The lowest BCUT2D eigenvalue weighted by atomic mass is 10.0. The molecule has 1 aromatic carbocycles. The lowest BCUT2D eigenvalue weighted by molar-refractivity contribution is -0.142. The molecule has 1 fully saturated rings. The van der Waals surface area contributed by atoms with Crippen LogP contribution in [0.3, 0.4) is 0 Å². The van der Waals surface area contributed by atoms with Crippen molar-refractivity contribution in [1.29, 1.82) is 0 Å². The molecule has 1 aromatic rings. The molecule has 0 bridgehead atoms. The van der Waals surface area contributed by atoms with Gasteiger partial charge in [0.1, 0.15) is 5.75 Å². The van der Waals surface area contributed by atoms with Gasteiger partial charge in [-0.15, -0.1) is 0 Å². The van der Waals surface area contributed by atoms with E-state index in [2.05, 4.69) is 5.32 Å². The minimum atomic E-state index is -0.826. The first-order chi connectivity index (χ1) is 9.66. The third-order valence-electron chi connectivity index (χ3n) is 3.52. The van der Waals surface area contributed by atoms with Gasteiger partial charge in [-0.2, -0.15) is 0 Å². The third-order valence-corrected chi connectivity index (χ3v) is 3.52. The number of para-hydroxylation sites is 1. The first kappa shape index (κ1) is 14.4. The van der Waals surface area contributed by atoms with Crippen LogP contribution in [-0.2, 0) is 9.59 Å². The fraction of sp³-hybridized carbons (Fsp3) is 0.467. The van der Waals surface area contributed by atoms with Crippen molar-refractivity contribution in [2.75, 3.05) is 6.61 Å². The average Bonchev–Trinajstić information content (AvgIpc) is 2.88. The van der Waals surface area contributed by atoms with E-state index in [1.807, 2.05) is 30.3 Å². The Morgan fingerprint density at radius 1 is 1.25 bits per heavy atom. The van der Waals surface area contributed by atoms with Gasteiger partial charge in [0.05, 0.1) is 18.9 Å². The number of ether oxygens (including phenoxy) is 1. The summed E-state index contributed by atoms with van der Waals surface area (Å²) in [6.07, 6.45) is 2.46. The van der Waals surface area contributed by atoms with Crippen LogP contribution in [0.1, 0.15) is 25.7 Å². The number of aliphatic carboxylic acids is 1. The Labute approximate surface area is 117 Å². The van der Waals surface area contributed by atoms with Gasteiger partial charge in [-0.1, -0.05) is 24.6 Å². The molecule has 0 radical (unpaired) electrons. The average molecular weight is 277 g/mol. The van der Waals surface area contributed by atoms with Crippen LogP contribution in [0, 0.1) is 5.92 Å². The van der Waals surface area contributed by atoms with Crippen LogP contribution in [0.25, 0.3) is 0 Å². The predicted molar refractivity (Wildman–Crippen MR) is 73.5 cm³/mol. The third kappa shape index (κ3) is 3.98. The standard InChI is InChI=1S/C15H19NO4/c17-14(9-10-20-11-5-2-1-3-6-11)16-13-8-4-7-12(13)15(18)19/h1-3,5-6,12-13H,4,7-10H2,(H,16,17)(H,18,19). The van der Waals surface area contributed by atoms with Crippen molar-refractivity contribution in [2.24, 2.45) is 5.92 Å². The molecule has 5 nitrogen and oxygen atoms in total. The molecule has 2 unspecified atom stereocenters. The highest BCUT2D eigenvalue weighted by molar-refractivity contribution is 5.78. The van der Waals surface area contributed by atoms with Crippen molar-refractivity contribution in [3.8, 4) is 5.75 Å². The maximum atomic E-state index is 11.8. The summed E-state index contributed by atoms with van der Waals surface area (Å²) in [7, 11) is 0. The van der Waals surface area contributed by atoms with Crippen LogP contribution < -0.4 is 10.1 Å². The molecule has 0 heterocycles. The second-order valence-electron chi connectivity index (χ2n) is 4.96. The Bertz CT molecular complexity index is 460. The first-order valence-corrected chi connectivity index (χ1v) is 6.87.